The Balaban J connectivity index is 2.49. The van der Waals surface area contributed by atoms with Crippen molar-refractivity contribution in [3.8, 4) is 0 Å². The summed E-state index contributed by atoms with van der Waals surface area (Å²) < 4.78 is 0. The van der Waals surface area contributed by atoms with Crippen LogP contribution in [-0.4, -0.2) is 5.91 Å². The summed E-state index contributed by atoms with van der Waals surface area (Å²) in [6.07, 6.45) is 1.02. The molecule has 0 fully saturated rings. The number of hydrogen-bond acceptors (Lipinski definition) is 1. The van der Waals surface area contributed by atoms with Gasteiger partial charge in [0.2, 0.25) is 5.91 Å². The number of hydrogen-bond donors (Lipinski definition) is 1. The average molecular weight is 203 g/mol. The zero-order chi connectivity index (χ0) is 11.0. The van der Waals surface area contributed by atoms with Gasteiger partial charge in [-0.3, -0.25) is 4.79 Å². The summed E-state index contributed by atoms with van der Waals surface area (Å²) in [5, 5.41) is 2.98. The van der Waals surface area contributed by atoms with Gasteiger partial charge in [0.25, 0.3) is 0 Å². The lowest BCUT2D eigenvalue weighted by Crippen LogP contribution is -2.31. The van der Waals surface area contributed by atoms with Gasteiger partial charge >= 0.3 is 0 Å². The van der Waals surface area contributed by atoms with Crippen molar-refractivity contribution in [1.29, 1.82) is 0 Å². The van der Waals surface area contributed by atoms with Gasteiger partial charge in [-0.25, -0.2) is 0 Å². The topological polar surface area (TPSA) is 29.1 Å². The van der Waals surface area contributed by atoms with E-state index in [1.807, 2.05) is 13.8 Å². The van der Waals surface area contributed by atoms with Gasteiger partial charge in [0.1, 0.15) is 0 Å². The smallest absolute Gasteiger partial charge is 0.227 e. The van der Waals surface area contributed by atoms with E-state index >= 15 is 0 Å². The molecule has 2 atom stereocenters. The molecule has 1 amide bonds. The Bertz CT molecular complexity index is 398. The molecular weight excluding hydrogens is 186 g/mol. The van der Waals surface area contributed by atoms with Gasteiger partial charge in [0, 0.05) is 11.6 Å². The number of rotatable bonds is 1. The van der Waals surface area contributed by atoms with Crippen LogP contribution in [0.15, 0.2) is 18.2 Å². The first kappa shape index (κ1) is 10.2. The largest absolute Gasteiger partial charge is 0.326 e. The van der Waals surface area contributed by atoms with Crippen molar-refractivity contribution in [3.05, 3.63) is 29.3 Å². The third kappa shape index (κ3) is 1.65. The van der Waals surface area contributed by atoms with E-state index < -0.39 is 0 Å². The van der Waals surface area contributed by atoms with Crippen LogP contribution in [0, 0.1) is 12.8 Å². The quantitative estimate of drug-likeness (QED) is 0.746. The summed E-state index contributed by atoms with van der Waals surface area (Å²) in [5.74, 6) is 0.611. The molecule has 0 aliphatic carbocycles. The van der Waals surface area contributed by atoms with Crippen LogP contribution in [0.25, 0.3) is 0 Å². The zero-order valence-corrected chi connectivity index (χ0v) is 9.50. The van der Waals surface area contributed by atoms with Crippen molar-refractivity contribution in [2.75, 3.05) is 5.32 Å². The molecule has 1 aliphatic heterocycles. The van der Waals surface area contributed by atoms with Gasteiger partial charge in [-0.1, -0.05) is 26.0 Å². The number of nitrogens with one attached hydrogen (secondary N) is 1. The molecular formula is C13H17NO. The number of anilines is 1. The Kier molecular flexibility index (Phi) is 2.51. The van der Waals surface area contributed by atoms with Crippen molar-refractivity contribution >= 4 is 11.6 Å². The molecule has 1 aliphatic rings. The van der Waals surface area contributed by atoms with Crippen LogP contribution >= 0.6 is 0 Å². The molecule has 2 rings (SSSR count). The third-order valence-electron chi connectivity index (χ3n) is 3.32. The van der Waals surface area contributed by atoms with Gasteiger partial charge in [-0.15, -0.1) is 0 Å². The van der Waals surface area contributed by atoms with E-state index in [0.717, 1.165) is 12.1 Å². The van der Waals surface area contributed by atoms with Crippen molar-refractivity contribution in [3.63, 3.8) is 0 Å². The predicted octanol–water partition coefficient (Wildman–Crippen LogP) is 3.08. The molecule has 1 aromatic carbocycles. The van der Waals surface area contributed by atoms with Crippen LogP contribution in [-0.2, 0) is 4.79 Å². The molecule has 2 nitrogen and oxygen atoms in total. The minimum Gasteiger partial charge on any atom is -0.326 e. The lowest BCUT2D eigenvalue weighted by Gasteiger charge is -2.30. The van der Waals surface area contributed by atoms with Crippen LogP contribution in [0.3, 0.4) is 0 Å². The highest BCUT2D eigenvalue weighted by Gasteiger charge is 2.30. The van der Waals surface area contributed by atoms with Crippen LogP contribution < -0.4 is 5.32 Å². The maximum Gasteiger partial charge on any atom is 0.227 e. The highest BCUT2D eigenvalue weighted by atomic mass is 16.1. The Morgan fingerprint density at radius 1 is 1.40 bits per heavy atom. The first-order valence-corrected chi connectivity index (χ1v) is 5.55. The standard InChI is InChI=1S/C13H17NO/c1-4-10-9(3)13(15)14-12-7-8(2)5-6-11(10)12/h5-7,9-10H,4H2,1-3H3,(H,14,15). The number of carbonyl (C=O) groups is 1. The monoisotopic (exact) mass is 203 g/mol. The second-order valence-electron chi connectivity index (χ2n) is 4.38. The van der Waals surface area contributed by atoms with E-state index in [1.165, 1.54) is 11.1 Å². The van der Waals surface area contributed by atoms with Gasteiger partial charge in [0.15, 0.2) is 0 Å². The van der Waals surface area contributed by atoms with Crippen molar-refractivity contribution in [1.82, 2.24) is 0 Å². The van der Waals surface area contributed by atoms with E-state index in [-0.39, 0.29) is 11.8 Å². The molecule has 1 aromatic rings. The Morgan fingerprint density at radius 3 is 2.80 bits per heavy atom. The highest BCUT2D eigenvalue weighted by molar-refractivity contribution is 5.96. The first-order chi connectivity index (χ1) is 7.13. The number of aryl methyl sites for hydroxylation is 1. The molecule has 0 saturated heterocycles. The van der Waals surface area contributed by atoms with Gasteiger partial charge in [0.05, 0.1) is 0 Å². The van der Waals surface area contributed by atoms with Crippen molar-refractivity contribution in [2.24, 2.45) is 5.92 Å². The van der Waals surface area contributed by atoms with E-state index in [4.69, 9.17) is 0 Å². The fourth-order valence-corrected chi connectivity index (χ4v) is 2.37. The lowest BCUT2D eigenvalue weighted by atomic mass is 9.80. The van der Waals surface area contributed by atoms with Crippen LogP contribution in [0.5, 0.6) is 0 Å². The minimum absolute atomic E-state index is 0.0882. The molecule has 1 N–H and O–H groups in total. The Hall–Kier alpha value is -1.31. The van der Waals surface area contributed by atoms with Crippen molar-refractivity contribution < 1.29 is 4.79 Å². The molecule has 0 bridgehead atoms. The van der Waals surface area contributed by atoms with Crippen LogP contribution in [0.1, 0.15) is 37.3 Å². The number of benzene rings is 1. The second-order valence-corrected chi connectivity index (χ2v) is 4.38. The molecule has 1 heterocycles. The summed E-state index contributed by atoms with van der Waals surface area (Å²) in [6, 6.07) is 6.32. The molecule has 0 spiro atoms. The molecule has 2 unspecified atom stereocenters. The molecule has 80 valence electrons. The molecule has 0 aromatic heterocycles. The Labute approximate surface area is 90.7 Å². The normalized spacial score (nSPS) is 24.6. The highest BCUT2D eigenvalue weighted by Crippen LogP contribution is 2.38. The van der Waals surface area contributed by atoms with E-state index in [9.17, 15) is 4.79 Å². The zero-order valence-electron chi connectivity index (χ0n) is 9.50. The fraction of sp³-hybridized carbons (Fsp3) is 0.462. The molecule has 0 radical (unpaired) electrons. The summed E-state index contributed by atoms with van der Waals surface area (Å²) in [5.41, 5.74) is 3.48. The lowest BCUT2D eigenvalue weighted by molar-refractivity contribution is -0.120. The minimum atomic E-state index is 0.0882. The van der Waals surface area contributed by atoms with Gasteiger partial charge in [-0.2, -0.15) is 0 Å². The summed E-state index contributed by atoms with van der Waals surface area (Å²) in [4.78, 5) is 11.7. The summed E-state index contributed by atoms with van der Waals surface area (Å²) in [6.45, 7) is 6.20. The van der Waals surface area contributed by atoms with E-state index in [1.54, 1.807) is 0 Å². The third-order valence-corrected chi connectivity index (χ3v) is 3.32. The molecule has 2 heteroatoms. The maximum absolute atomic E-state index is 11.7. The molecule has 15 heavy (non-hydrogen) atoms. The Morgan fingerprint density at radius 2 is 2.13 bits per heavy atom. The van der Waals surface area contributed by atoms with Gasteiger partial charge in [-0.05, 0) is 36.5 Å². The van der Waals surface area contributed by atoms with Gasteiger partial charge < -0.3 is 5.32 Å². The fourth-order valence-electron chi connectivity index (χ4n) is 2.37. The SMILES string of the molecule is CCC1c2ccc(C)cc2NC(=O)C1C. The van der Waals surface area contributed by atoms with Crippen molar-refractivity contribution in [2.45, 2.75) is 33.1 Å². The average Bonchev–Trinajstić information content (AvgIpc) is 2.20. The maximum atomic E-state index is 11.7. The second kappa shape index (κ2) is 3.69. The number of carbonyl (C=O) groups excluding carboxylic acids is 1. The summed E-state index contributed by atoms with van der Waals surface area (Å²) in [7, 11) is 0. The first-order valence-electron chi connectivity index (χ1n) is 5.55. The predicted molar refractivity (Wildman–Crippen MR) is 62.0 cm³/mol. The number of fused-ring (bicyclic) bond motifs is 1. The van der Waals surface area contributed by atoms with Crippen LogP contribution in [0.4, 0.5) is 5.69 Å². The molecule has 0 saturated carbocycles. The van der Waals surface area contributed by atoms with Crippen LogP contribution in [0.2, 0.25) is 0 Å². The number of amides is 1. The van der Waals surface area contributed by atoms with E-state index in [2.05, 4.69) is 30.4 Å². The summed E-state index contributed by atoms with van der Waals surface area (Å²) >= 11 is 0. The van der Waals surface area contributed by atoms with E-state index in [0.29, 0.717) is 5.92 Å².